The van der Waals surface area contributed by atoms with Crippen LogP contribution >= 0.6 is 0 Å². The van der Waals surface area contributed by atoms with Crippen LogP contribution in [-0.2, 0) is 19.8 Å². The van der Waals surface area contributed by atoms with Crippen LogP contribution in [0.5, 0.6) is 0 Å². The average Bonchev–Trinajstić information content (AvgIpc) is 2.90. The lowest BCUT2D eigenvalue weighted by Gasteiger charge is -2.16. The van der Waals surface area contributed by atoms with Crippen molar-refractivity contribution < 1.29 is 26.6 Å². The summed E-state index contributed by atoms with van der Waals surface area (Å²) in [4.78, 5) is 24.8. The Bertz CT molecular complexity index is 686. The molecular formula is C15H18FNO5S. The van der Waals surface area contributed by atoms with E-state index in [2.05, 4.69) is 0 Å². The number of carbonyl (C=O) groups is 2. The maximum absolute atomic E-state index is 13.0. The van der Waals surface area contributed by atoms with E-state index in [1.165, 1.54) is 29.2 Å². The van der Waals surface area contributed by atoms with Gasteiger partial charge in [0, 0.05) is 18.7 Å². The molecule has 1 aliphatic heterocycles. The van der Waals surface area contributed by atoms with Gasteiger partial charge in [0.2, 0.25) is 5.91 Å². The molecule has 1 fully saturated rings. The second kappa shape index (κ2) is 7.08. The van der Waals surface area contributed by atoms with E-state index in [1.807, 2.05) is 6.92 Å². The highest BCUT2D eigenvalue weighted by Crippen LogP contribution is 2.26. The summed E-state index contributed by atoms with van der Waals surface area (Å²) in [6, 6.07) is 6.02. The number of benzene rings is 1. The monoisotopic (exact) mass is 343 g/mol. The van der Waals surface area contributed by atoms with Crippen LogP contribution in [0.3, 0.4) is 0 Å². The normalized spacial score (nSPS) is 18.3. The van der Waals surface area contributed by atoms with Crippen LogP contribution < -0.4 is 4.90 Å². The SMILES string of the molecule is CCCCOC(=O)c1ccc(N2CC(S(=O)(=O)F)CC2=O)cc1. The highest BCUT2D eigenvalue weighted by molar-refractivity contribution is 7.87. The van der Waals surface area contributed by atoms with Crippen LogP contribution in [0, 0.1) is 0 Å². The third kappa shape index (κ3) is 4.28. The van der Waals surface area contributed by atoms with Gasteiger partial charge in [0.05, 0.1) is 12.2 Å². The van der Waals surface area contributed by atoms with Gasteiger partial charge in [-0.2, -0.15) is 8.42 Å². The van der Waals surface area contributed by atoms with E-state index in [-0.39, 0.29) is 13.0 Å². The molecule has 126 valence electrons. The molecule has 1 unspecified atom stereocenters. The number of rotatable bonds is 6. The maximum atomic E-state index is 13.0. The second-order valence-corrected chi connectivity index (χ2v) is 6.96. The molecule has 1 saturated heterocycles. The van der Waals surface area contributed by atoms with Gasteiger partial charge in [-0.05, 0) is 30.7 Å². The first-order valence-corrected chi connectivity index (χ1v) is 8.78. The standard InChI is InChI=1S/C15H18FNO5S/c1-2-3-8-22-15(19)11-4-6-12(7-5-11)17-10-13(9-14(17)18)23(16,20)21/h4-7,13H,2-3,8-10H2,1H3. The molecule has 0 spiro atoms. The Morgan fingerprint density at radius 2 is 2.00 bits per heavy atom. The van der Waals surface area contributed by atoms with Crippen molar-refractivity contribution in [2.45, 2.75) is 31.4 Å². The van der Waals surface area contributed by atoms with E-state index in [1.54, 1.807) is 0 Å². The van der Waals surface area contributed by atoms with E-state index in [4.69, 9.17) is 4.74 Å². The number of halogens is 1. The first-order valence-electron chi connectivity index (χ1n) is 7.34. The van der Waals surface area contributed by atoms with Gasteiger partial charge in [0.25, 0.3) is 0 Å². The highest BCUT2D eigenvalue weighted by atomic mass is 32.3. The van der Waals surface area contributed by atoms with Crippen molar-refractivity contribution in [3.8, 4) is 0 Å². The zero-order chi connectivity index (χ0) is 17.0. The zero-order valence-corrected chi connectivity index (χ0v) is 13.5. The van der Waals surface area contributed by atoms with E-state index in [0.717, 1.165) is 12.8 Å². The molecule has 1 aliphatic rings. The summed E-state index contributed by atoms with van der Waals surface area (Å²) >= 11 is 0. The van der Waals surface area contributed by atoms with E-state index < -0.39 is 27.3 Å². The van der Waals surface area contributed by atoms with Gasteiger partial charge in [0.1, 0.15) is 5.25 Å². The Morgan fingerprint density at radius 1 is 1.35 bits per heavy atom. The Labute approximate surface area is 134 Å². The van der Waals surface area contributed by atoms with Crippen molar-refractivity contribution in [2.24, 2.45) is 0 Å². The van der Waals surface area contributed by atoms with E-state index >= 15 is 0 Å². The number of ether oxygens (including phenoxy) is 1. The molecule has 1 aromatic carbocycles. The summed E-state index contributed by atoms with van der Waals surface area (Å²) in [6.45, 7) is 2.11. The molecule has 0 N–H and O–H groups in total. The lowest BCUT2D eigenvalue weighted by Crippen LogP contribution is -2.26. The molecule has 2 rings (SSSR count). The van der Waals surface area contributed by atoms with Gasteiger partial charge in [-0.15, -0.1) is 3.89 Å². The van der Waals surface area contributed by atoms with Crippen molar-refractivity contribution in [2.75, 3.05) is 18.1 Å². The molecule has 23 heavy (non-hydrogen) atoms. The average molecular weight is 343 g/mol. The topological polar surface area (TPSA) is 80.8 Å². The molecule has 6 nitrogen and oxygen atoms in total. The molecule has 0 aromatic heterocycles. The van der Waals surface area contributed by atoms with Crippen LogP contribution in [0.4, 0.5) is 9.57 Å². The molecule has 8 heteroatoms. The van der Waals surface area contributed by atoms with Crippen LogP contribution in [0.2, 0.25) is 0 Å². The number of nitrogens with zero attached hydrogens (tertiary/aromatic N) is 1. The van der Waals surface area contributed by atoms with Crippen LogP contribution in [0.25, 0.3) is 0 Å². The van der Waals surface area contributed by atoms with Crippen molar-refractivity contribution in [1.29, 1.82) is 0 Å². The molecule has 1 amide bonds. The smallest absolute Gasteiger partial charge is 0.338 e. The number of amides is 1. The van der Waals surface area contributed by atoms with Gasteiger partial charge in [-0.1, -0.05) is 13.3 Å². The third-order valence-corrected chi connectivity index (χ3v) is 4.75. The molecule has 0 saturated carbocycles. The third-order valence-electron chi connectivity index (χ3n) is 3.63. The number of carbonyl (C=O) groups excluding carboxylic acids is 2. The van der Waals surface area contributed by atoms with Crippen molar-refractivity contribution in [1.82, 2.24) is 0 Å². The van der Waals surface area contributed by atoms with Gasteiger partial charge >= 0.3 is 16.2 Å². The van der Waals surface area contributed by atoms with Gasteiger partial charge in [0.15, 0.2) is 0 Å². The van der Waals surface area contributed by atoms with Gasteiger partial charge in [-0.3, -0.25) is 4.79 Å². The number of unbranched alkanes of at least 4 members (excludes halogenated alkanes) is 1. The largest absolute Gasteiger partial charge is 0.462 e. The van der Waals surface area contributed by atoms with E-state index in [9.17, 15) is 21.9 Å². The summed E-state index contributed by atoms with van der Waals surface area (Å²) in [7, 11) is -4.75. The minimum absolute atomic E-state index is 0.224. The molecular weight excluding hydrogens is 325 g/mol. The second-order valence-electron chi connectivity index (χ2n) is 5.34. The summed E-state index contributed by atoms with van der Waals surface area (Å²) in [5, 5.41) is -1.34. The van der Waals surface area contributed by atoms with Crippen molar-refractivity contribution in [3.05, 3.63) is 29.8 Å². The molecule has 0 bridgehead atoms. The van der Waals surface area contributed by atoms with Crippen molar-refractivity contribution >= 4 is 27.8 Å². The van der Waals surface area contributed by atoms with E-state index in [0.29, 0.717) is 17.9 Å². The fourth-order valence-electron chi connectivity index (χ4n) is 2.28. The molecule has 1 aromatic rings. The molecule has 1 heterocycles. The molecule has 0 radical (unpaired) electrons. The number of anilines is 1. The van der Waals surface area contributed by atoms with Crippen LogP contribution in [-0.4, -0.2) is 38.7 Å². The lowest BCUT2D eigenvalue weighted by molar-refractivity contribution is -0.117. The lowest BCUT2D eigenvalue weighted by atomic mass is 10.2. The fourth-order valence-corrected chi connectivity index (χ4v) is 2.95. The Morgan fingerprint density at radius 3 is 2.52 bits per heavy atom. The quantitative estimate of drug-likeness (QED) is 0.449. The molecule has 1 atom stereocenters. The van der Waals surface area contributed by atoms with Crippen LogP contribution in [0.1, 0.15) is 36.5 Å². The summed E-state index contributed by atoms with van der Waals surface area (Å²) in [6.07, 6.45) is 1.33. The highest BCUT2D eigenvalue weighted by Gasteiger charge is 2.39. The summed E-state index contributed by atoms with van der Waals surface area (Å²) in [5.41, 5.74) is 0.762. The Hall–Kier alpha value is -1.96. The molecule has 0 aliphatic carbocycles. The predicted molar refractivity (Wildman–Crippen MR) is 82.4 cm³/mol. The van der Waals surface area contributed by atoms with Crippen molar-refractivity contribution in [3.63, 3.8) is 0 Å². The predicted octanol–water partition coefficient (Wildman–Crippen LogP) is 2.05. The number of hydrogen-bond donors (Lipinski definition) is 0. The van der Waals surface area contributed by atoms with Gasteiger partial charge in [-0.25, -0.2) is 4.79 Å². The minimum atomic E-state index is -4.75. The first-order chi connectivity index (χ1) is 10.8. The zero-order valence-electron chi connectivity index (χ0n) is 12.7. The number of esters is 1. The number of hydrogen-bond acceptors (Lipinski definition) is 5. The summed E-state index contributed by atoms with van der Waals surface area (Å²) in [5.74, 6) is -0.920. The Kier molecular flexibility index (Phi) is 5.35. The fraction of sp³-hybridized carbons (Fsp3) is 0.467. The Balaban J connectivity index is 2.05. The maximum Gasteiger partial charge on any atom is 0.338 e. The van der Waals surface area contributed by atoms with Crippen LogP contribution in [0.15, 0.2) is 24.3 Å². The summed E-state index contributed by atoms with van der Waals surface area (Å²) < 4.78 is 39.9. The first kappa shape index (κ1) is 17.4. The van der Waals surface area contributed by atoms with Gasteiger partial charge < -0.3 is 9.64 Å². The minimum Gasteiger partial charge on any atom is -0.462 e.